The number of fused-ring (bicyclic) bond motifs is 2. The number of carbonyl (C=O) groups is 2. The van der Waals surface area contributed by atoms with Gasteiger partial charge in [0.15, 0.2) is 5.65 Å². The van der Waals surface area contributed by atoms with E-state index in [1.165, 1.54) is 26.5 Å². The first-order valence-electron chi connectivity index (χ1n) is 15.5. The van der Waals surface area contributed by atoms with E-state index in [4.69, 9.17) is 19.6 Å². The van der Waals surface area contributed by atoms with Gasteiger partial charge < -0.3 is 25.8 Å². The lowest BCUT2D eigenvalue weighted by Crippen LogP contribution is -2.37. The van der Waals surface area contributed by atoms with E-state index in [1.54, 1.807) is 16.8 Å². The zero-order valence-corrected chi connectivity index (χ0v) is 23.4. The minimum Gasteiger partial charge on any atom is -0.479 e. The van der Waals surface area contributed by atoms with Gasteiger partial charge in [-0.05, 0) is 49.7 Å². The van der Waals surface area contributed by atoms with E-state index in [1.807, 2.05) is 0 Å². The van der Waals surface area contributed by atoms with Gasteiger partial charge in [0.05, 0.1) is 42.9 Å². The van der Waals surface area contributed by atoms with Crippen molar-refractivity contribution >= 4 is 45.7 Å². The van der Waals surface area contributed by atoms with Gasteiger partial charge in [-0.25, -0.2) is 28.6 Å². The third kappa shape index (κ3) is 4.19. The molecule has 3 aliphatic rings. The van der Waals surface area contributed by atoms with Crippen LogP contribution in [-0.2, 0) is 22.0 Å². The molecule has 3 fully saturated rings. The summed E-state index contributed by atoms with van der Waals surface area (Å²) in [7, 11) is 2.67. The van der Waals surface area contributed by atoms with Crippen LogP contribution < -0.4 is 26.8 Å². The summed E-state index contributed by atoms with van der Waals surface area (Å²) in [5, 5.41) is 10.8. The quantitative estimate of drug-likeness (QED) is 0.276. The van der Waals surface area contributed by atoms with E-state index in [2.05, 4.69) is 25.5 Å². The predicted octanol–water partition coefficient (Wildman–Crippen LogP) is 2.24. The maximum atomic E-state index is 15.4. The Balaban J connectivity index is 1.28. The molecule has 4 heterocycles. The Labute approximate surface area is 248 Å². The number of pyridine rings is 2. The molecule has 226 valence electrons. The summed E-state index contributed by atoms with van der Waals surface area (Å²) in [5.41, 5.74) is 4.49. The standard InChI is InChI=1S/C28H32FN9O5/c1-36-20-12-31-22(10-19(20)37(27(36)41)18-9-14(8-17(18)29)32-26(40)43-3)33-21-7-6-15-23(34-21)38(35-24(15)42-2)28(25(30)39)11-16(28)13-4-5-13/h6-7,10,12-14,16-18H,4-5,8-9,11H2,1-3H3,(H2,30,39)(H,32,40)(H,31,33,34)/t14?,16-,17?,18?,28+/m1/s1/i1D3. The largest absolute Gasteiger partial charge is 0.479 e. The van der Waals surface area contributed by atoms with Crippen molar-refractivity contribution in [3.8, 4) is 5.88 Å². The van der Waals surface area contributed by atoms with Crippen molar-refractivity contribution in [2.45, 2.75) is 55.9 Å². The number of imidazole rings is 1. The molecular formula is C28H32FN9O5. The van der Waals surface area contributed by atoms with Crippen molar-refractivity contribution in [3.63, 3.8) is 0 Å². The first-order chi connectivity index (χ1) is 21.9. The predicted molar refractivity (Wildman–Crippen MR) is 153 cm³/mol. The third-order valence-corrected chi connectivity index (χ3v) is 8.98. The van der Waals surface area contributed by atoms with Gasteiger partial charge in [-0.2, -0.15) is 0 Å². The second-order valence-electron chi connectivity index (χ2n) is 11.5. The van der Waals surface area contributed by atoms with Crippen LogP contribution in [0.15, 0.2) is 29.2 Å². The number of alkyl halides is 1. The fraction of sp³-hybridized carbons (Fsp3) is 0.500. The zero-order chi connectivity index (χ0) is 32.7. The molecule has 4 N–H and O–H groups in total. The van der Waals surface area contributed by atoms with Gasteiger partial charge in [0.2, 0.25) is 11.8 Å². The Kier molecular flexibility index (Phi) is 5.36. The van der Waals surface area contributed by atoms with E-state index in [9.17, 15) is 14.4 Å². The van der Waals surface area contributed by atoms with Crippen LogP contribution in [0.3, 0.4) is 0 Å². The second kappa shape index (κ2) is 9.67. The zero-order valence-electron chi connectivity index (χ0n) is 26.4. The number of ether oxygens (including phenoxy) is 2. The molecule has 2 amide bonds. The average Bonchev–Trinajstić information content (AvgIpc) is 3.88. The number of carbonyl (C=O) groups excluding carboxylic acids is 2. The number of nitrogens with two attached hydrogens (primary N) is 1. The van der Waals surface area contributed by atoms with Crippen molar-refractivity contribution in [1.82, 2.24) is 34.2 Å². The number of aryl methyl sites for hydroxylation is 1. The van der Waals surface area contributed by atoms with Gasteiger partial charge in [-0.1, -0.05) is 0 Å². The van der Waals surface area contributed by atoms with Crippen LogP contribution in [0.1, 0.15) is 42.3 Å². The molecule has 0 spiro atoms. The molecule has 0 aliphatic heterocycles. The number of halogens is 1. The average molecular weight is 597 g/mol. The molecule has 4 aromatic heterocycles. The molecule has 3 aliphatic carbocycles. The van der Waals surface area contributed by atoms with Gasteiger partial charge in [0.25, 0.3) is 0 Å². The van der Waals surface area contributed by atoms with Crippen molar-refractivity contribution in [3.05, 3.63) is 34.9 Å². The Morgan fingerprint density at radius 2 is 2.02 bits per heavy atom. The highest BCUT2D eigenvalue weighted by Crippen LogP contribution is 2.61. The summed E-state index contributed by atoms with van der Waals surface area (Å²) < 4.78 is 52.7. The Morgan fingerprint density at radius 1 is 1.21 bits per heavy atom. The van der Waals surface area contributed by atoms with Crippen molar-refractivity contribution in [1.29, 1.82) is 0 Å². The fourth-order valence-corrected chi connectivity index (χ4v) is 6.64. The lowest BCUT2D eigenvalue weighted by atomic mass is 10.1. The van der Waals surface area contributed by atoms with E-state index >= 15 is 4.39 Å². The maximum absolute atomic E-state index is 15.4. The Bertz CT molecular complexity index is 1950. The normalized spacial score (nSPS) is 27.8. The second-order valence-corrected chi connectivity index (χ2v) is 11.5. The number of anilines is 2. The number of methoxy groups -OCH3 is 2. The summed E-state index contributed by atoms with van der Waals surface area (Å²) >= 11 is 0. The summed E-state index contributed by atoms with van der Waals surface area (Å²) in [6, 6.07) is 3.15. The number of hydrogen-bond acceptors (Lipinski definition) is 9. The van der Waals surface area contributed by atoms with Crippen LogP contribution in [0.4, 0.5) is 20.8 Å². The highest BCUT2D eigenvalue weighted by atomic mass is 19.1. The van der Waals surface area contributed by atoms with Crippen LogP contribution in [0, 0.1) is 11.8 Å². The SMILES string of the molecule is [2H]C([2H])([2H])n1c(=O)n(C2CC(NC(=O)OC)CC2F)c2cc(Nc3ccc4c(OC)nn([C@@]5(C(N)=O)C[C@@H]5C5CC5)c4n3)ncc21. The summed E-state index contributed by atoms with van der Waals surface area (Å²) in [4.78, 5) is 47.1. The lowest BCUT2D eigenvalue weighted by Gasteiger charge is -2.16. The van der Waals surface area contributed by atoms with Crippen LogP contribution >= 0.6 is 0 Å². The molecule has 0 saturated heterocycles. The lowest BCUT2D eigenvalue weighted by molar-refractivity contribution is -0.123. The van der Waals surface area contributed by atoms with Crippen molar-refractivity contribution in [2.24, 2.45) is 24.5 Å². The number of alkyl carbamates (subject to hydrolysis) is 1. The Hall–Kier alpha value is -4.69. The van der Waals surface area contributed by atoms with Gasteiger partial charge >= 0.3 is 11.8 Å². The van der Waals surface area contributed by atoms with Crippen LogP contribution in [0.5, 0.6) is 5.88 Å². The third-order valence-electron chi connectivity index (χ3n) is 8.98. The molecule has 15 heteroatoms. The minimum atomic E-state index is -2.87. The Morgan fingerprint density at radius 3 is 2.72 bits per heavy atom. The molecule has 14 nitrogen and oxygen atoms in total. The molecule has 3 saturated carbocycles. The van der Waals surface area contributed by atoms with Crippen LogP contribution in [-0.4, -0.2) is 67.3 Å². The van der Waals surface area contributed by atoms with Gasteiger partial charge in [-0.3, -0.25) is 13.9 Å². The van der Waals surface area contributed by atoms with Gasteiger partial charge in [0.1, 0.15) is 23.3 Å². The first kappa shape index (κ1) is 23.8. The number of hydrogen-bond donors (Lipinski definition) is 3. The highest BCUT2D eigenvalue weighted by molar-refractivity contribution is 5.91. The highest BCUT2D eigenvalue weighted by Gasteiger charge is 2.67. The maximum Gasteiger partial charge on any atom is 0.407 e. The van der Waals surface area contributed by atoms with Gasteiger partial charge in [-0.15, -0.1) is 5.10 Å². The summed E-state index contributed by atoms with van der Waals surface area (Å²) in [6.07, 6.45) is 1.52. The molecule has 3 unspecified atom stereocenters. The first-order valence-corrected chi connectivity index (χ1v) is 14.0. The molecule has 43 heavy (non-hydrogen) atoms. The fourth-order valence-electron chi connectivity index (χ4n) is 6.64. The van der Waals surface area contributed by atoms with E-state index in [0.29, 0.717) is 39.6 Å². The smallest absolute Gasteiger partial charge is 0.407 e. The molecule has 0 bridgehead atoms. The molecule has 0 radical (unpaired) electrons. The number of nitrogens with zero attached hydrogens (tertiary/aromatic N) is 6. The van der Waals surface area contributed by atoms with Crippen LogP contribution in [0.2, 0.25) is 0 Å². The number of nitrogens with one attached hydrogen (secondary N) is 2. The minimum absolute atomic E-state index is 0.0124. The molecule has 7 rings (SSSR count). The monoisotopic (exact) mass is 596 g/mol. The summed E-state index contributed by atoms with van der Waals surface area (Å²) in [5.74, 6) is 0.785. The van der Waals surface area contributed by atoms with Crippen LogP contribution in [0.25, 0.3) is 22.1 Å². The molecule has 5 atom stereocenters. The van der Waals surface area contributed by atoms with E-state index in [-0.39, 0.29) is 35.6 Å². The number of rotatable bonds is 8. The van der Waals surface area contributed by atoms with Crippen molar-refractivity contribution in [2.75, 3.05) is 19.5 Å². The number of amides is 2. The molecule has 0 aromatic carbocycles. The topological polar surface area (TPSA) is 173 Å². The summed E-state index contributed by atoms with van der Waals surface area (Å²) in [6.45, 7) is -2.87. The van der Waals surface area contributed by atoms with Crippen molar-refractivity contribution < 1.29 is 27.6 Å². The molecule has 4 aromatic rings. The number of aromatic nitrogens is 6. The van der Waals surface area contributed by atoms with Gasteiger partial charge in [0, 0.05) is 29.6 Å². The number of primary amides is 1. The van der Waals surface area contributed by atoms with E-state index < -0.39 is 48.5 Å². The van der Waals surface area contributed by atoms with E-state index in [0.717, 1.165) is 17.4 Å². The molecular weight excluding hydrogens is 561 g/mol.